The van der Waals surface area contributed by atoms with E-state index in [9.17, 15) is 13.2 Å². The van der Waals surface area contributed by atoms with Crippen molar-refractivity contribution in [1.82, 2.24) is 10.3 Å². The van der Waals surface area contributed by atoms with Crippen LogP contribution < -0.4 is 5.32 Å². The van der Waals surface area contributed by atoms with E-state index in [2.05, 4.69) is 10.3 Å². The van der Waals surface area contributed by atoms with Crippen molar-refractivity contribution in [3.8, 4) is 0 Å². The molecule has 0 unspecified atom stereocenters. The number of amides is 1. The number of aromatic nitrogens is 1. The number of nitrogens with one attached hydrogen (secondary N) is 1. The summed E-state index contributed by atoms with van der Waals surface area (Å²) < 4.78 is 24.4. The van der Waals surface area contributed by atoms with E-state index in [0.717, 1.165) is 18.4 Å². The maximum atomic E-state index is 12.2. The third-order valence-electron chi connectivity index (χ3n) is 3.85. The molecule has 0 bridgehead atoms. The van der Waals surface area contributed by atoms with Gasteiger partial charge in [0.25, 0.3) is 0 Å². The van der Waals surface area contributed by atoms with Crippen LogP contribution in [-0.4, -0.2) is 25.1 Å². The molecule has 3 rings (SSSR count). The fraction of sp³-hybridized carbons (Fsp3) is 0.294. The number of nitrogens with zero attached hydrogens (tertiary/aromatic N) is 1. The summed E-state index contributed by atoms with van der Waals surface area (Å²) in [7, 11) is -3.72. The van der Waals surface area contributed by atoms with Crippen molar-refractivity contribution in [1.29, 1.82) is 0 Å². The Morgan fingerprint density at radius 2 is 1.83 bits per heavy atom. The maximum Gasteiger partial charge on any atom is 0.236 e. The zero-order chi connectivity index (χ0) is 16.3. The van der Waals surface area contributed by atoms with Gasteiger partial charge in [-0.05, 0) is 36.5 Å². The number of rotatable bonds is 6. The zero-order valence-corrected chi connectivity index (χ0v) is 13.4. The number of benzene rings is 1. The number of sulfone groups is 1. The van der Waals surface area contributed by atoms with Crippen molar-refractivity contribution < 1.29 is 13.2 Å². The second kappa shape index (κ2) is 6.50. The van der Waals surface area contributed by atoms with Gasteiger partial charge in [-0.1, -0.05) is 36.4 Å². The van der Waals surface area contributed by atoms with Crippen LogP contribution in [0.5, 0.6) is 0 Å². The summed E-state index contributed by atoms with van der Waals surface area (Å²) >= 11 is 0. The highest BCUT2D eigenvalue weighted by Crippen LogP contribution is 2.40. The van der Waals surface area contributed by atoms with Gasteiger partial charge in [0, 0.05) is 6.20 Å². The summed E-state index contributed by atoms with van der Waals surface area (Å²) in [5, 5.41) is 2.80. The number of hydrogen-bond acceptors (Lipinski definition) is 4. The van der Waals surface area contributed by atoms with Crippen molar-refractivity contribution in [3.63, 3.8) is 0 Å². The molecule has 1 heterocycles. The molecule has 23 heavy (non-hydrogen) atoms. The van der Waals surface area contributed by atoms with Gasteiger partial charge in [-0.2, -0.15) is 0 Å². The lowest BCUT2D eigenvalue weighted by atomic mass is 10.0. The van der Waals surface area contributed by atoms with Crippen LogP contribution in [0.3, 0.4) is 0 Å². The SMILES string of the molecule is O=C(CS(=O)(=O)c1ccccn1)N[C@H](c1ccccc1)C1CC1. The first-order valence-electron chi connectivity index (χ1n) is 7.54. The van der Waals surface area contributed by atoms with E-state index in [0.29, 0.717) is 5.92 Å². The van der Waals surface area contributed by atoms with Crippen LogP contribution in [0, 0.1) is 5.92 Å². The highest BCUT2D eigenvalue weighted by atomic mass is 32.2. The van der Waals surface area contributed by atoms with E-state index < -0.39 is 21.5 Å². The number of carbonyl (C=O) groups is 1. The minimum atomic E-state index is -3.72. The molecule has 0 spiro atoms. The van der Waals surface area contributed by atoms with E-state index in [1.807, 2.05) is 30.3 Å². The highest BCUT2D eigenvalue weighted by molar-refractivity contribution is 7.92. The number of pyridine rings is 1. The van der Waals surface area contributed by atoms with E-state index in [4.69, 9.17) is 0 Å². The second-order valence-electron chi connectivity index (χ2n) is 5.72. The largest absolute Gasteiger partial charge is 0.348 e. The molecule has 1 aliphatic rings. The topological polar surface area (TPSA) is 76.1 Å². The molecule has 1 aromatic heterocycles. The van der Waals surface area contributed by atoms with Crippen LogP contribution in [0.15, 0.2) is 59.8 Å². The predicted octanol–water partition coefficient (Wildman–Crippen LogP) is 2.12. The summed E-state index contributed by atoms with van der Waals surface area (Å²) in [6.45, 7) is 0. The molecule has 1 atom stereocenters. The summed E-state index contributed by atoms with van der Waals surface area (Å²) in [6.07, 6.45) is 3.50. The van der Waals surface area contributed by atoms with Gasteiger partial charge in [0.15, 0.2) is 5.03 Å². The van der Waals surface area contributed by atoms with Gasteiger partial charge in [-0.3, -0.25) is 4.79 Å². The van der Waals surface area contributed by atoms with Crippen molar-refractivity contribution in [2.45, 2.75) is 23.9 Å². The lowest BCUT2D eigenvalue weighted by molar-refractivity contribution is -0.119. The van der Waals surface area contributed by atoms with Crippen LogP contribution in [0.4, 0.5) is 0 Å². The van der Waals surface area contributed by atoms with Crippen molar-refractivity contribution in [3.05, 3.63) is 60.3 Å². The van der Waals surface area contributed by atoms with Gasteiger partial charge in [-0.25, -0.2) is 13.4 Å². The maximum absolute atomic E-state index is 12.2. The fourth-order valence-corrected chi connectivity index (χ4v) is 3.64. The minimum absolute atomic E-state index is 0.0715. The summed E-state index contributed by atoms with van der Waals surface area (Å²) in [4.78, 5) is 16.1. The molecule has 0 saturated heterocycles. The molecule has 1 aliphatic carbocycles. The van der Waals surface area contributed by atoms with Crippen LogP contribution in [0.2, 0.25) is 0 Å². The summed E-state index contributed by atoms with van der Waals surface area (Å²) in [5.41, 5.74) is 1.01. The van der Waals surface area contributed by atoms with Gasteiger partial charge >= 0.3 is 0 Å². The molecule has 1 saturated carbocycles. The van der Waals surface area contributed by atoms with Gasteiger partial charge in [0.05, 0.1) is 6.04 Å². The average molecular weight is 330 g/mol. The van der Waals surface area contributed by atoms with Gasteiger partial charge in [0.2, 0.25) is 15.7 Å². The first-order chi connectivity index (χ1) is 11.1. The molecule has 5 nitrogen and oxygen atoms in total. The Balaban J connectivity index is 1.71. The smallest absolute Gasteiger partial charge is 0.236 e. The summed E-state index contributed by atoms with van der Waals surface area (Å²) in [5.74, 6) is -0.685. The van der Waals surface area contributed by atoms with E-state index >= 15 is 0 Å². The van der Waals surface area contributed by atoms with Gasteiger partial charge in [0.1, 0.15) is 5.75 Å². The first-order valence-corrected chi connectivity index (χ1v) is 9.19. The third kappa shape index (κ3) is 3.96. The Labute approximate surface area is 135 Å². The Hall–Kier alpha value is -2.21. The molecular formula is C17H18N2O3S. The highest BCUT2D eigenvalue weighted by Gasteiger charge is 2.34. The predicted molar refractivity (Wildman–Crippen MR) is 86.3 cm³/mol. The Bertz CT molecular complexity index is 772. The number of carbonyl (C=O) groups excluding carboxylic acids is 1. The summed E-state index contributed by atoms with van der Waals surface area (Å²) in [6, 6.07) is 14.2. The van der Waals surface area contributed by atoms with Gasteiger partial charge in [-0.15, -0.1) is 0 Å². The van der Waals surface area contributed by atoms with Crippen molar-refractivity contribution >= 4 is 15.7 Å². The number of hydrogen-bond donors (Lipinski definition) is 1. The monoisotopic (exact) mass is 330 g/mol. The lowest BCUT2D eigenvalue weighted by Gasteiger charge is -2.18. The molecule has 0 radical (unpaired) electrons. The Kier molecular flexibility index (Phi) is 4.43. The first kappa shape index (κ1) is 15.7. The van der Waals surface area contributed by atoms with Crippen LogP contribution in [-0.2, 0) is 14.6 Å². The molecule has 2 aromatic rings. The minimum Gasteiger partial charge on any atom is -0.348 e. The molecule has 1 fully saturated rings. The molecule has 1 N–H and O–H groups in total. The standard InChI is InChI=1S/C17H18N2O3S/c20-15(12-23(21,22)16-8-4-5-11-18-16)19-17(14-9-10-14)13-6-2-1-3-7-13/h1-8,11,14,17H,9-10,12H2,(H,19,20)/t17-/m1/s1. The van der Waals surface area contributed by atoms with Gasteiger partial charge < -0.3 is 5.32 Å². The van der Waals surface area contributed by atoms with Crippen molar-refractivity contribution in [2.75, 3.05) is 5.75 Å². The molecule has 120 valence electrons. The van der Waals surface area contributed by atoms with E-state index in [1.165, 1.54) is 12.3 Å². The molecule has 1 amide bonds. The fourth-order valence-electron chi connectivity index (χ4n) is 2.56. The second-order valence-corrected chi connectivity index (χ2v) is 7.66. The Morgan fingerprint density at radius 3 is 2.43 bits per heavy atom. The van der Waals surface area contributed by atoms with E-state index in [-0.39, 0.29) is 11.1 Å². The van der Waals surface area contributed by atoms with Crippen LogP contribution in [0.1, 0.15) is 24.4 Å². The normalized spacial score (nSPS) is 15.8. The third-order valence-corrected chi connectivity index (χ3v) is 5.37. The molecule has 1 aromatic carbocycles. The quantitative estimate of drug-likeness (QED) is 0.880. The van der Waals surface area contributed by atoms with Crippen LogP contribution in [0.25, 0.3) is 0 Å². The van der Waals surface area contributed by atoms with E-state index in [1.54, 1.807) is 12.1 Å². The molecule has 6 heteroatoms. The lowest BCUT2D eigenvalue weighted by Crippen LogP contribution is -2.34. The molecular weight excluding hydrogens is 312 g/mol. The Morgan fingerprint density at radius 1 is 1.13 bits per heavy atom. The van der Waals surface area contributed by atoms with Crippen molar-refractivity contribution in [2.24, 2.45) is 5.92 Å². The van der Waals surface area contributed by atoms with Crippen LogP contribution >= 0.6 is 0 Å². The molecule has 0 aliphatic heterocycles. The zero-order valence-electron chi connectivity index (χ0n) is 12.6. The average Bonchev–Trinajstić information content (AvgIpc) is 3.39.